The van der Waals surface area contributed by atoms with Crippen molar-refractivity contribution < 1.29 is 9.84 Å². The highest BCUT2D eigenvalue weighted by molar-refractivity contribution is 4.88. The van der Waals surface area contributed by atoms with Crippen LogP contribution in [0.3, 0.4) is 0 Å². The van der Waals surface area contributed by atoms with Crippen LogP contribution in [0.25, 0.3) is 0 Å². The highest BCUT2D eigenvalue weighted by atomic mass is 16.5. The van der Waals surface area contributed by atoms with Crippen LogP contribution in [0.15, 0.2) is 6.33 Å². The molecule has 96 valence electrons. The van der Waals surface area contributed by atoms with Gasteiger partial charge in [-0.05, 0) is 7.05 Å². The van der Waals surface area contributed by atoms with Crippen molar-refractivity contribution in [1.82, 2.24) is 19.7 Å². The molecule has 1 N–H and O–H groups in total. The van der Waals surface area contributed by atoms with E-state index in [1.807, 2.05) is 18.7 Å². The van der Waals surface area contributed by atoms with E-state index >= 15 is 0 Å². The molecule has 6 nitrogen and oxygen atoms in total. The first-order chi connectivity index (χ1) is 8.09. The highest BCUT2D eigenvalue weighted by Gasteiger charge is 2.31. The van der Waals surface area contributed by atoms with Gasteiger partial charge in [0.15, 0.2) is 0 Å². The van der Waals surface area contributed by atoms with Gasteiger partial charge in [0.05, 0.1) is 12.1 Å². The van der Waals surface area contributed by atoms with Crippen LogP contribution in [0, 0.1) is 0 Å². The zero-order chi connectivity index (χ0) is 12.3. The van der Waals surface area contributed by atoms with E-state index in [1.54, 1.807) is 6.33 Å². The molecule has 1 saturated heterocycles. The van der Waals surface area contributed by atoms with Crippen LogP contribution < -0.4 is 0 Å². The minimum absolute atomic E-state index is 0.619. The zero-order valence-corrected chi connectivity index (χ0v) is 10.5. The first kappa shape index (κ1) is 12.5. The molecule has 0 radical (unpaired) electrons. The molecule has 0 aromatic carbocycles. The van der Waals surface area contributed by atoms with E-state index in [4.69, 9.17) is 4.74 Å². The molecule has 0 amide bonds. The summed E-state index contributed by atoms with van der Waals surface area (Å²) in [5.41, 5.74) is -0.619. The van der Waals surface area contributed by atoms with Gasteiger partial charge in [0.25, 0.3) is 0 Å². The van der Waals surface area contributed by atoms with E-state index in [9.17, 15) is 5.11 Å². The molecule has 17 heavy (non-hydrogen) atoms. The third-order valence-corrected chi connectivity index (χ3v) is 3.20. The summed E-state index contributed by atoms with van der Waals surface area (Å²) in [5, 5.41) is 18.3. The molecule has 0 saturated carbocycles. The fourth-order valence-corrected chi connectivity index (χ4v) is 2.16. The number of nitrogens with zero attached hydrogens (tertiary/aromatic N) is 4. The summed E-state index contributed by atoms with van der Waals surface area (Å²) >= 11 is 0. The lowest BCUT2D eigenvalue weighted by atomic mass is 9.94. The lowest BCUT2D eigenvalue weighted by molar-refractivity contribution is -0.0780. The summed E-state index contributed by atoms with van der Waals surface area (Å²) in [6, 6.07) is 0. The van der Waals surface area contributed by atoms with Crippen molar-refractivity contribution in [2.45, 2.75) is 25.0 Å². The quantitative estimate of drug-likeness (QED) is 0.789. The average Bonchev–Trinajstić information content (AvgIpc) is 2.64. The summed E-state index contributed by atoms with van der Waals surface area (Å²) in [4.78, 5) is 2.08. The summed E-state index contributed by atoms with van der Waals surface area (Å²) in [6.07, 6.45) is 3.10. The maximum atomic E-state index is 10.4. The Morgan fingerprint density at radius 1 is 1.53 bits per heavy atom. The van der Waals surface area contributed by atoms with Gasteiger partial charge in [-0.1, -0.05) is 0 Å². The van der Waals surface area contributed by atoms with Gasteiger partial charge in [-0.15, -0.1) is 10.2 Å². The monoisotopic (exact) mass is 240 g/mol. The van der Waals surface area contributed by atoms with E-state index in [0.717, 1.165) is 5.82 Å². The number of aromatic nitrogens is 3. The van der Waals surface area contributed by atoms with Crippen LogP contribution in [-0.4, -0.2) is 57.2 Å². The van der Waals surface area contributed by atoms with Crippen LogP contribution in [0.2, 0.25) is 0 Å². The summed E-state index contributed by atoms with van der Waals surface area (Å²) in [5.74, 6) is 0.906. The van der Waals surface area contributed by atoms with Crippen molar-refractivity contribution in [3.8, 4) is 0 Å². The Kier molecular flexibility index (Phi) is 3.76. The molecule has 2 rings (SSSR count). The third-order valence-electron chi connectivity index (χ3n) is 3.20. The highest BCUT2D eigenvalue weighted by Crippen LogP contribution is 2.21. The first-order valence-corrected chi connectivity index (χ1v) is 5.91. The second-order valence-electron chi connectivity index (χ2n) is 4.87. The predicted molar refractivity (Wildman–Crippen MR) is 62.3 cm³/mol. The standard InChI is InChI=1S/C11H20N4O2/c1-14(7-10-13-12-9-15(10)2)8-11(16)3-5-17-6-4-11/h9,16H,3-8H2,1-2H3. The summed E-state index contributed by atoms with van der Waals surface area (Å²) in [7, 11) is 3.91. The zero-order valence-electron chi connectivity index (χ0n) is 10.5. The Labute approximate surface area is 101 Å². The molecule has 0 aliphatic carbocycles. The van der Waals surface area contributed by atoms with Crippen molar-refractivity contribution in [1.29, 1.82) is 0 Å². The number of ether oxygens (including phenoxy) is 1. The second kappa shape index (κ2) is 5.12. The fourth-order valence-electron chi connectivity index (χ4n) is 2.16. The molecule has 1 aliphatic heterocycles. The molecule has 0 bridgehead atoms. The van der Waals surface area contributed by atoms with Gasteiger partial charge < -0.3 is 14.4 Å². The summed E-state index contributed by atoms with van der Waals surface area (Å²) in [6.45, 7) is 2.63. The van der Waals surface area contributed by atoms with Crippen molar-refractivity contribution in [3.05, 3.63) is 12.2 Å². The van der Waals surface area contributed by atoms with Crippen LogP contribution in [0.4, 0.5) is 0 Å². The molecule has 0 unspecified atom stereocenters. The first-order valence-electron chi connectivity index (χ1n) is 5.91. The van der Waals surface area contributed by atoms with Crippen molar-refractivity contribution in [2.75, 3.05) is 26.8 Å². The van der Waals surface area contributed by atoms with Crippen molar-refractivity contribution >= 4 is 0 Å². The molecule has 1 aromatic rings. The molecule has 0 atom stereocenters. The lowest BCUT2D eigenvalue weighted by Gasteiger charge is -2.35. The van der Waals surface area contributed by atoms with Crippen LogP contribution in [0.1, 0.15) is 18.7 Å². The molecule has 0 spiro atoms. The topological polar surface area (TPSA) is 63.4 Å². The molecular weight excluding hydrogens is 220 g/mol. The van der Waals surface area contributed by atoms with E-state index in [2.05, 4.69) is 15.1 Å². The summed E-state index contributed by atoms with van der Waals surface area (Å²) < 4.78 is 7.16. The largest absolute Gasteiger partial charge is 0.388 e. The smallest absolute Gasteiger partial charge is 0.146 e. The number of aliphatic hydroxyl groups is 1. The van der Waals surface area contributed by atoms with Gasteiger partial charge in [0.2, 0.25) is 0 Å². The Hall–Kier alpha value is -0.980. The number of likely N-dealkylation sites (N-methyl/N-ethyl adjacent to an activating group) is 1. The molecule has 2 heterocycles. The van der Waals surface area contributed by atoms with Gasteiger partial charge in [0.1, 0.15) is 12.2 Å². The molecule has 1 fully saturated rings. The van der Waals surface area contributed by atoms with Gasteiger partial charge >= 0.3 is 0 Å². The third kappa shape index (κ3) is 3.24. The minimum atomic E-state index is -0.619. The average molecular weight is 240 g/mol. The van der Waals surface area contributed by atoms with Crippen molar-refractivity contribution in [2.24, 2.45) is 7.05 Å². The molecule has 1 aliphatic rings. The number of hydrogen-bond acceptors (Lipinski definition) is 5. The minimum Gasteiger partial charge on any atom is -0.388 e. The number of aryl methyl sites for hydroxylation is 1. The maximum absolute atomic E-state index is 10.4. The van der Waals surface area contributed by atoms with Crippen LogP contribution >= 0.6 is 0 Å². The predicted octanol–water partition coefficient (Wildman–Crippen LogP) is -0.212. The molecule has 1 aromatic heterocycles. The Morgan fingerprint density at radius 2 is 2.24 bits per heavy atom. The fraction of sp³-hybridized carbons (Fsp3) is 0.818. The number of rotatable bonds is 4. The van der Waals surface area contributed by atoms with E-state index in [0.29, 0.717) is 39.1 Å². The Morgan fingerprint density at radius 3 is 2.82 bits per heavy atom. The van der Waals surface area contributed by atoms with Gasteiger partial charge in [-0.2, -0.15) is 0 Å². The normalized spacial score (nSPS) is 19.8. The van der Waals surface area contributed by atoms with Crippen LogP contribution in [-0.2, 0) is 18.3 Å². The maximum Gasteiger partial charge on any atom is 0.146 e. The number of hydrogen-bond donors (Lipinski definition) is 1. The Bertz CT molecular complexity index is 360. The molecular formula is C11H20N4O2. The lowest BCUT2D eigenvalue weighted by Crippen LogP contribution is -2.45. The van der Waals surface area contributed by atoms with Gasteiger partial charge in [-0.25, -0.2) is 0 Å². The van der Waals surface area contributed by atoms with Crippen molar-refractivity contribution in [3.63, 3.8) is 0 Å². The second-order valence-corrected chi connectivity index (χ2v) is 4.87. The Balaban J connectivity index is 1.88. The van der Waals surface area contributed by atoms with E-state index in [1.165, 1.54) is 0 Å². The van der Waals surface area contributed by atoms with Gasteiger partial charge in [-0.3, -0.25) is 4.90 Å². The molecule has 6 heteroatoms. The van der Waals surface area contributed by atoms with E-state index < -0.39 is 5.60 Å². The van der Waals surface area contributed by atoms with Crippen LogP contribution in [0.5, 0.6) is 0 Å². The van der Waals surface area contributed by atoms with E-state index in [-0.39, 0.29) is 0 Å². The SMILES string of the molecule is CN(Cc1nncn1C)CC1(O)CCOCC1. The van der Waals surface area contributed by atoms with Gasteiger partial charge in [0, 0.05) is 39.6 Å².